The molecule has 6 nitrogen and oxygen atoms in total. The number of nitrogens with zero attached hydrogens (tertiary/aromatic N) is 4. The van der Waals surface area contributed by atoms with Gasteiger partial charge in [-0.15, -0.1) is 5.10 Å². The van der Waals surface area contributed by atoms with Gasteiger partial charge in [0.15, 0.2) is 11.6 Å². The second kappa shape index (κ2) is 8.20. The average molecular weight is 346 g/mol. The summed E-state index contributed by atoms with van der Waals surface area (Å²) in [5.74, 6) is 1.01. The Labute approximate surface area is 147 Å². The van der Waals surface area contributed by atoms with E-state index in [1.54, 1.807) is 12.1 Å². The van der Waals surface area contributed by atoms with Gasteiger partial charge < -0.3 is 14.4 Å². The van der Waals surface area contributed by atoms with Crippen molar-refractivity contribution in [3.05, 3.63) is 30.2 Å². The lowest BCUT2D eigenvalue weighted by atomic mass is 9.96. The van der Waals surface area contributed by atoms with Crippen LogP contribution < -0.4 is 9.64 Å². The zero-order valence-electron chi connectivity index (χ0n) is 14.6. The molecule has 0 atom stereocenters. The third-order valence-electron chi connectivity index (χ3n) is 4.55. The first-order valence-corrected chi connectivity index (χ1v) is 8.50. The summed E-state index contributed by atoms with van der Waals surface area (Å²) in [5.41, 5.74) is 1.23. The standard InChI is InChI=1S/C18H23FN4O2/c1-23(8-5-13-6-9-25-10-7-13)18-21-16(12-20-22-18)14-3-4-17(24-2)15(19)11-14/h3-4,11-13H,5-10H2,1-2H3. The van der Waals surface area contributed by atoms with Crippen LogP contribution >= 0.6 is 0 Å². The molecule has 1 aliphatic rings. The van der Waals surface area contributed by atoms with E-state index in [-0.39, 0.29) is 5.75 Å². The third-order valence-corrected chi connectivity index (χ3v) is 4.55. The van der Waals surface area contributed by atoms with E-state index in [0.717, 1.165) is 39.0 Å². The SMILES string of the molecule is COc1ccc(-c2cnnc(N(C)CCC3CCOCC3)n2)cc1F. The van der Waals surface area contributed by atoms with Crippen molar-refractivity contribution < 1.29 is 13.9 Å². The summed E-state index contributed by atoms with van der Waals surface area (Å²) < 4.78 is 24.3. The predicted octanol–water partition coefficient (Wildman–Crippen LogP) is 2.94. The molecule has 0 aliphatic carbocycles. The number of halogens is 1. The Morgan fingerprint density at radius 3 is 2.84 bits per heavy atom. The Morgan fingerprint density at radius 1 is 1.32 bits per heavy atom. The lowest BCUT2D eigenvalue weighted by Crippen LogP contribution is -2.25. The van der Waals surface area contributed by atoms with Crippen LogP contribution in [0.1, 0.15) is 19.3 Å². The number of aromatic nitrogens is 3. The van der Waals surface area contributed by atoms with Crippen LogP contribution in [0, 0.1) is 11.7 Å². The van der Waals surface area contributed by atoms with Gasteiger partial charge in [-0.1, -0.05) is 0 Å². The van der Waals surface area contributed by atoms with Crippen molar-refractivity contribution >= 4 is 5.95 Å². The van der Waals surface area contributed by atoms with E-state index >= 15 is 0 Å². The van der Waals surface area contributed by atoms with E-state index in [4.69, 9.17) is 9.47 Å². The highest BCUT2D eigenvalue weighted by Gasteiger charge is 2.16. The summed E-state index contributed by atoms with van der Waals surface area (Å²) in [6.45, 7) is 2.56. The topological polar surface area (TPSA) is 60.4 Å². The van der Waals surface area contributed by atoms with Crippen LogP contribution in [-0.2, 0) is 4.74 Å². The maximum absolute atomic E-state index is 13.9. The van der Waals surface area contributed by atoms with Gasteiger partial charge in [-0.25, -0.2) is 9.37 Å². The van der Waals surface area contributed by atoms with Gasteiger partial charge in [0.1, 0.15) is 0 Å². The molecule has 0 bridgehead atoms. The van der Waals surface area contributed by atoms with E-state index in [1.807, 2.05) is 11.9 Å². The number of anilines is 1. The van der Waals surface area contributed by atoms with Crippen LogP contribution in [0.15, 0.2) is 24.4 Å². The molecule has 1 aromatic heterocycles. The van der Waals surface area contributed by atoms with Gasteiger partial charge >= 0.3 is 0 Å². The molecule has 134 valence electrons. The van der Waals surface area contributed by atoms with Gasteiger partial charge in [0, 0.05) is 32.4 Å². The molecule has 1 saturated heterocycles. The molecule has 0 saturated carbocycles. The second-order valence-corrected chi connectivity index (χ2v) is 6.26. The summed E-state index contributed by atoms with van der Waals surface area (Å²) in [5, 5.41) is 8.13. The fourth-order valence-electron chi connectivity index (χ4n) is 2.93. The Morgan fingerprint density at radius 2 is 2.12 bits per heavy atom. The first-order chi connectivity index (χ1) is 12.2. The quantitative estimate of drug-likeness (QED) is 0.801. The Kier molecular flexibility index (Phi) is 5.75. The van der Waals surface area contributed by atoms with Gasteiger partial charge in [0.25, 0.3) is 0 Å². The number of ether oxygens (including phenoxy) is 2. The molecule has 2 heterocycles. The molecule has 0 unspecified atom stereocenters. The number of rotatable bonds is 6. The van der Waals surface area contributed by atoms with E-state index in [9.17, 15) is 4.39 Å². The molecule has 2 aromatic rings. The van der Waals surface area contributed by atoms with Gasteiger partial charge in [-0.05, 0) is 43.4 Å². The molecule has 0 spiro atoms. The number of methoxy groups -OCH3 is 1. The van der Waals surface area contributed by atoms with Crippen LogP contribution in [0.25, 0.3) is 11.3 Å². The van der Waals surface area contributed by atoms with E-state index in [0.29, 0.717) is 23.1 Å². The summed E-state index contributed by atoms with van der Waals surface area (Å²) in [6, 6.07) is 4.74. The largest absolute Gasteiger partial charge is 0.494 e. The molecule has 1 aromatic carbocycles. The van der Waals surface area contributed by atoms with Crippen molar-refractivity contribution in [2.45, 2.75) is 19.3 Å². The van der Waals surface area contributed by atoms with E-state index in [1.165, 1.54) is 19.4 Å². The summed E-state index contributed by atoms with van der Waals surface area (Å²) >= 11 is 0. The van der Waals surface area contributed by atoms with Crippen LogP contribution in [0.3, 0.4) is 0 Å². The lowest BCUT2D eigenvalue weighted by Gasteiger charge is -2.24. The van der Waals surface area contributed by atoms with Crippen LogP contribution in [0.2, 0.25) is 0 Å². The molecule has 1 aliphatic heterocycles. The highest BCUT2D eigenvalue weighted by atomic mass is 19.1. The molecule has 0 N–H and O–H groups in total. The summed E-state index contributed by atoms with van der Waals surface area (Å²) in [7, 11) is 3.39. The van der Waals surface area contributed by atoms with Crippen molar-refractivity contribution in [1.29, 1.82) is 0 Å². The maximum atomic E-state index is 13.9. The number of benzene rings is 1. The molecule has 0 radical (unpaired) electrons. The van der Waals surface area contributed by atoms with Gasteiger partial charge in [-0.3, -0.25) is 0 Å². The first kappa shape index (κ1) is 17.5. The van der Waals surface area contributed by atoms with Gasteiger partial charge in [0.2, 0.25) is 5.95 Å². The normalized spacial score (nSPS) is 15.2. The fourth-order valence-corrected chi connectivity index (χ4v) is 2.93. The maximum Gasteiger partial charge on any atom is 0.245 e. The molecule has 25 heavy (non-hydrogen) atoms. The van der Waals surface area contributed by atoms with E-state index < -0.39 is 5.82 Å². The molecule has 0 amide bonds. The van der Waals surface area contributed by atoms with Gasteiger partial charge in [0.05, 0.1) is 19.0 Å². The van der Waals surface area contributed by atoms with Crippen LogP contribution in [-0.4, -0.2) is 49.1 Å². The average Bonchev–Trinajstić information content (AvgIpc) is 2.67. The first-order valence-electron chi connectivity index (χ1n) is 8.50. The summed E-state index contributed by atoms with van der Waals surface area (Å²) in [4.78, 5) is 6.52. The van der Waals surface area contributed by atoms with Crippen molar-refractivity contribution in [2.75, 3.05) is 38.8 Å². The Balaban J connectivity index is 1.68. The van der Waals surface area contributed by atoms with Gasteiger partial charge in [-0.2, -0.15) is 5.10 Å². The van der Waals surface area contributed by atoms with Crippen molar-refractivity contribution in [3.63, 3.8) is 0 Å². The summed E-state index contributed by atoms with van der Waals surface area (Å²) in [6.07, 6.45) is 4.83. The predicted molar refractivity (Wildman–Crippen MR) is 93.2 cm³/mol. The minimum atomic E-state index is -0.423. The molecular formula is C18H23FN4O2. The number of hydrogen-bond donors (Lipinski definition) is 0. The minimum absolute atomic E-state index is 0.208. The highest BCUT2D eigenvalue weighted by Crippen LogP contribution is 2.25. The molecule has 3 rings (SSSR count). The smallest absolute Gasteiger partial charge is 0.245 e. The fraction of sp³-hybridized carbons (Fsp3) is 0.500. The monoisotopic (exact) mass is 346 g/mol. The Hall–Kier alpha value is -2.28. The lowest BCUT2D eigenvalue weighted by molar-refractivity contribution is 0.0645. The Bertz CT molecular complexity index is 707. The van der Waals surface area contributed by atoms with Crippen molar-refractivity contribution in [1.82, 2.24) is 15.2 Å². The minimum Gasteiger partial charge on any atom is -0.494 e. The third kappa shape index (κ3) is 4.42. The molecule has 7 heteroatoms. The molecular weight excluding hydrogens is 323 g/mol. The van der Waals surface area contributed by atoms with Crippen molar-refractivity contribution in [3.8, 4) is 17.0 Å². The highest BCUT2D eigenvalue weighted by molar-refractivity contribution is 5.60. The van der Waals surface area contributed by atoms with Crippen LogP contribution in [0.4, 0.5) is 10.3 Å². The van der Waals surface area contributed by atoms with E-state index in [2.05, 4.69) is 15.2 Å². The zero-order valence-corrected chi connectivity index (χ0v) is 14.6. The zero-order chi connectivity index (χ0) is 17.6. The second-order valence-electron chi connectivity index (χ2n) is 6.26. The van der Waals surface area contributed by atoms with Crippen LogP contribution in [0.5, 0.6) is 5.75 Å². The van der Waals surface area contributed by atoms with Crippen molar-refractivity contribution in [2.24, 2.45) is 5.92 Å². The number of hydrogen-bond acceptors (Lipinski definition) is 6. The molecule has 1 fully saturated rings.